The molecule has 1 aromatic rings. The average molecular weight is 282 g/mol. The number of likely N-dealkylation sites (tertiary alicyclic amines) is 1. The largest absolute Gasteiger partial charge is 0.329 e. The summed E-state index contributed by atoms with van der Waals surface area (Å²) in [5.41, 5.74) is 5.78. The zero-order valence-corrected chi connectivity index (χ0v) is 12.1. The Hall–Kier alpha value is -0.910. The van der Waals surface area contributed by atoms with E-state index in [2.05, 4.69) is 4.90 Å². The van der Waals surface area contributed by atoms with E-state index >= 15 is 0 Å². The zero-order chi connectivity index (χ0) is 13.9. The molecule has 2 rings (SSSR count). The Labute approximate surface area is 115 Å². The standard InChI is InChI=1S/C14H22N2O2S/c1-16-10-6-5-9-13(16)14(11-15)19(17,18)12-7-3-2-4-8-12/h2-4,7-8,13-14H,5-6,9-11,15H2,1H3. The van der Waals surface area contributed by atoms with E-state index < -0.39 is 15.1 Å². The Balaban J connectivity index is 2.31. The van der Waals surface area contributed by atoms with Crippen molar-refractivity contribution in [3.8, 4) is 0 Å². The Kier molecular flexibility index (Phi) is 4.60. The van der Waals surface area contributed by atoms with E-state index in [0.29, 0.717) is 4.90 Å². The fraction of sp³-hybridized carbons (Fsp3) is 0.571. The summed E-state index contributed by atoms with van der Waals surface area (Å²) in [5, 5.41) is -0.514. The number of piperidine rings is 1. The van der Waals surface area contributed by atoms with Crippen LogP contribution < -0.4 is 5.73 Å². The maximum Gasteiger partial charge on any atom is 0.184 e. The minimum absolute atomic E-state index is 0.0314. The molecule has 1 fully saturated rings. The van der Waals surface area contributed by atoms with Gasteiger partial charge in [-0.1, -0.05) is 24.6 Å². The van der Waals surface area contributed by atoms with Gasteiger partial charge in [-0.3, -0.25) is 0 Å². The predicted molar refractivity (Wildman–Crippen MR) is 76.7 cm³/mol. The molecule has 2 atom stereocenters. The van der Waals surface area contributed by atoms with E-state index in [1.54, 1.807) is 24.3 Å². The van der Waals surface area contributed by atoms with Crippen molar-refractivity contribution in [3.05, 3.63) is 30.3 Å². The molecule has 2 N–H and O–H groups in total. The van der Waals surface area contributed by atoms with E-state index in [4.69, 9.17) is 5.73 Å². The van der Waals surface area contributed by atoms with Crippen molar-refractivity contribution in [2.24, 2.45) is 5.73 Å². The average Bonchev–Trinajstić information content (AvgIpc) is 2.42. The highest BCUT2D eigenvalue weighted by molar-refractivity contribution is 7.92. The lowest BCUT2D eigenvalue weighted by molar-refractivity contribution is 0.180. The van der Waals surface area contributed by atoms with Crippen LogP contribution in [0.5, 0.6) is 0 Å². The topological polar surface area (TPSA) is 63.4 Å². The molecule has 0 radical (unpaired) electrons. The lowest BCUT2D eigenvalue weighted by atomic mass is 10.00. The predicted octanol–water partition coefficient (Wildman–Crippen LogP) is 1.27. The van der Waals surface area contributed by atoms with E-state index in [1.165, 1.54) is 0 Å². The first-order valence-electron chi connectivity index (χ1n) is 6.76. The zero-order valence-electron chi connectivity index (χ0n) is 11.3. The first kappa shape index (κ1) is 14.5. The molecule has 5 heteroatoms. The van der Waals surface area contributed by atoms with Gasteiger partial charge in [0.2, 0.25) is 0 Å². The van der Waals surface area contributed by atoms with Crippen molar-refractivity contribution in [1.82, 2.24) is 4.90 Å². The molecule has 1 heterocycles. The van der Waals surface area contributed by atoms with Gasteiger partial charge in [0, 0.05) is 12.6 Å². The summed E-state index contributed by atoms with van der Waals surface area (Å²) in [6, 6.07) is 8.67. The van der Waals surface area contributed by atoms with Gasteiger partial charge in [-0.2, -0.15) is 0 Å². The molecule has 0 spiro atoms. The molecule has 2 unspecified atom stereocenters. The monoisotopic (exact) mass is 282 g/mol. The Morgan fingerprint density at radius 3 is 2.58 bits per heavy atom. The van der Waals surface area contributed by atoms with Gasteiger partial charge in [0.05, 0.1) is 10.1 Å². The van der Waals surface area contributed by atoms with Crippen molar-refractivity contribution in [2.75, 3.05) is 20.1 Å². The molecule has 1 aliphatic rings. The van der Waals surface area contributed by atoms with Gasteiger partial charge in [0.25, 0.3) is 0 Å². The number of rotatable bonds is 4. The molecule has 0 bridgehead atoms. The molecule has 4 nitrogen and oxygen atoms in total. The van der Waals surface area contributed by atoms with Gasteiger partial charge >= 0.3 is 0 Å². The van der Waals surface area contributed by atoms with Crippen LogP contribution in [0.25, 0.3) is 0 Å². The van der Waals surface area contributed by atoms with Gasteiger partial charge in [-0.25, -0.2) is 8.42 Å². The Morgan fingerprint density at radius 1 is 1.32 bits per heavy atom. The maximum atomic E-state index is 12.7. The molecule has 1 saturated heterocycles. The minimum atomic E-state index is -3.35. The highest BCUT2D eigenvalue weighted by Gasteiger charge is 2.36. The normalized spacial score (nSPS) is 23.2. The molecular formula is C14H22N2O2S. The maximum absolute atomic E-state index is 12.7. The quantitative estimate of drug-likeness (QED) is 0.903. The highest BCUT2D eigenvalue weighted by atomic mass is 32.2. The summed E-state index contributed by atoms with van der Waals surface area (Å²) in [6.45, 7) is 1.12. The van der Waals surface area contributed by atoms with Gasteiger partial charge in [-0.05, 0) is 38.6 Å². The molecule has 106 valence electrons. The second-order valence-electron chi connectivity index (χ2n) is 5.18. The van der Waals surface area contributed by atoms with Crippen molar-refractivity contribution in [2.45, 2.75) is 35.4 Å². The van der Waals surface area contributed by atoms with Crippen LogP contribution in [-0.4, -0.2) is 44.7 Å². The van der Waals surface area contributed by atoms with E-state index in [-0.39, 0.29) is 12.6 Å². The van der Waals surface area contributed by atoms with Gasteiger partial charge < -0.3 is 10.6 Å². The van der Waals surface area contributed by atoms with E-state index in [9.17, 15) is 8.42 Å². The lowest BCUT2D eigenvalue weighted by Gasteiger charge is -2.37. The van der Waals surface area contributed by atoms with Gasteiger partial charge in [-0.15, -0.1) is 0 Å². The van der Waals surface area contributed by atoms with Crippen molar-refractivity contribution >= 4 is 9.84 Å². The highest BCUT2D eigenvalue weighted by Crippen LogP contribution is 2.25. The van der Waals surface area contributed by atoms with Crippen LogP contribution in [0.3, 0.4) is 0 Å². The molecule has 19 heavy (non-hydrogen) atoms. The molecule has 1 aromatic carbocycles. The second kappa shape index (κ2) is 6.03. The summed E-state index contributed by atoms with van der Waals surface area (Å²) in [4.78, 5) is 2.52. The summed E-state index contributed by atoms with van der Waals surface area (Å²) < 4.78 is 25.4. The third kappa shape index (κ3) is 2.99. The fourth-order valence-electron chi connectivity index (χ4n) is 2.85. The van der Waals surface area contributed by atoms with Crippen molar-refractivity contribution in [1.29, 1.82) is 0 Å². The molecule has 0 saturated carbocycles. The SMILES string of the molecule is CN1CCCCC1C(CN)S(=O)(=O)c1ccccc1. The number of benzene rings is 1. The molecule has 0 aromatic heterocycles. The summed E-state index contributed by atoms with van der Waals surface area (Å²) in [5.74, 6) is 0. The minimum Gasteiger partial charge on any atom is -0.329 e. The molecule has 1 aliphatic heterocycles. The van der Waals surface area contributed by atoms with Gasteiger partial charge in [0.15, 0.2) is 9.84 Å². The van der Waals surface area contributed by atoms with Crippen LogP contribution >= 0.6 is 0 Å². The molecular weight excluding hydrogens is 260 g/mol. The first-order chi connectivity index (χ1) is 9.07. The Morgan fingerprint density at radius 2 is 2.00 bits per heavy atom. The number of nitrogens with zero attached hydrogens (tertiary/aromatic N) is 1. The lowest BCUT2D eigenvalue weighted by Crippen LogP contribution is -2.50. The summed E-state index contributed by atoms with van der Waals surface area (Å²) in [7, 11) is -1.36. The molecule has 0 amide bonds. The third-order valence-electron chi connectivity index (χ3n) is 3.96. The summed E-state index contributed by atoms with van der Waals surface area (Å²) in [6.07, 6.45) is 3.12. The smallest absolute Gasteiger partial charge is 0.184 e. The fourth-order valence-corrected chi connectivity index (χ4v) is 4.74. The van der Waals surface area contributed by atoms with Gasteiger partial charge in [0.1, 0.15) is 0 Å². The Bertz CT molecular complexity index is 501. The third-order valence-corrected chi connectivity index (χ3v) is 6.19. The van der Waals surface area contributed by atoms with Crippen LogP contribution in [-0.2, 0) is 9.84 Å². The second-order valence-corrected chi connectivity index (χ2v) is 7.34. The van der Waals surface area contributed by atoms with Crippen LogP contribution in [0, 0.1) is 0 Å². The van der Waals surface area contributed by atoms with Crippen LogP contribution in [0.1, 0.15) is 19.3 Å². The number of hydrogen-bond acceptors (Lipinski definition) is 4. The van der Waals surface area contributed by atoms with E-state index in [1.807, 2.05) is 13.1 Å². The number of hydrogen-bond donors (Lipinski definition) is 1. The van der Waals surface area contributed by atoms with Crippen LogP contribution in [0.15, 0.2) is 35.2 Å². The summed E-state index contributed by atoms with van der Waals surface area (Å²) >= 11 is 0. The number of sulfone groups is 1. The first-order valence-corrected chi connectivity index (χ1v) is 8.31. The van der Waals surface area contributed by atoms with Crippen LogP contribution in [0.4, 0.5) is 0 Å². The van der Waals surface area contributed by atoms with E-state index in [0.717, 1.165) is 25.8 Å². The van der Waals surface area contributed by atoms with Crippen molar-refractivity contribution in [3.63, 3.8) is 0 Å². The number of nitrogens with two attached hydrogens (primary N) is 1. The molecule has 0 aliphatic carbocycles. The van der Waals surface area contributed by atoms with Crippen LogP contribution in [0.2, 0.25) is 0 Å². The van der Waals surface area contributed by atoms with Crippen molar-refractivity contribution < 1.29 is 8.42 Å².